The summed E-state index contributed by atoms with van der Waals surface area (Å²) in [6.07, 6.45) is 0. The summed E-state index contributed by atoms with van der Waals surface area (Å²) in [5, 5.41) is 7.90. The first-order valence-corrected chi connectivity index (χ1v) is 20.2. The number of hydrogen-bond donors (Lipinski definition) is 0. The molecule has 0 aliphatic heterocycles. The number of fused-ring (bicyclic) bond motifs is 10. The van der Waals surface area contributed by atoms with Gasteiger partial charge in [-0.2, -0.15) is 0 Å². The molecule has 0 saturated carbocycles. The topological polar surface area (TPSA) is 8.17 Å². The largest absolute Gasteiger partial charge is 0.310 e. The summed E-state index contributed by atoms with van der Waals surface area (Å²) in [6, 6.07) is 72.4. The Labute approximate surface area is 327 Å². The van der Waals surface area contributed by atoms with Crippen molar-refractivity contribution in [1.29, 1.82) is 0 Å². The van der Waals surface area contributed by atoms with Crippen molar-refractivity contribution in [3.63, 3.8) is 0 Å². The van der Waals surface area contributed by atoms with Gasteiger partial charge in [0.1, 0.15) is 0 Å². The first kappa shape index (κ1) is 30.4. The zero-order valence-electron chi connectivity index (χ0n) is 30.3. The van der Waals surface area contributed by atoms with Gasteiger partial charge in [0.2, 0.25) is 0 Å². The molecule has 2 aromatic heterocycles. The summed E-state index contributed by atoms with van der Waals surface area (Å²) in [5.74, 6) is 0. The molecular weight excluding hydrogens is 697 g/mol. The maximum Gasteiger partial charge on any atom is 0.0727 e. The standard InChI is InChI=1S/C53H32N2S/c1-3-15-34(16-4-1)54(35-17-5-2-6-18-35)36-31-33-29-30-46-52-49(33)43(32-36)53(40-22-10-7-19-37(40)38-20-8-11-23-41(38)53)42-24-13-25-45(51(42)52)55(46)44-26-14-28-48-50(44)39-21-9-12-27-47(39)56-48/h1-32H. The van der Waals surface area contributed by atoms with E-state index in [2.05, 4.69) is 204 Å². The zero-order valence-corrected chi connectivity index (χ0v) is 31.1. The van der Waals surface area contributed by atoms with Crippen LogP contribution in [0.25, 0.3) is 69.6 Å². The molecule has 0 saturated heterocycles. The molecule has 56 heavy (non-hydrogen) atoms. The van der Waals surface area contributed by atoms with Crippen LogP contribution < -0.4 is 4.90 Å². The van der Waals surface area contributed by atoms with Gasteiger partial charge in [-0.1, -0.05) is 127 Å². The van der Waals surface area contributed by atoms with Crippen molar-refractivity contribution in [2.45, 2.75) is 5.41 Å². The van der Waals surface area contributed by atoms with Crippen molar-refractivity contribution < 1.29 is 0 Å². The number of hydrogen-bond acceptors (Lipinski definition) is 2. The van der Waals surface area contributed by atoms with Crippen LogP contribution >= 0.6 is 11.3 Å². The van der Waals surface area contributed by atoms with Gasteiger partial charge in [0.25, 0.3) is 0 Å². The molecule has 13 rings (SSSR count). The Kier molecular flexibility index (Phi) is 6.01. The fourth-order valence-corrected chi connectivity index (χ4v) is 11.6. The maximum absolute atomic E-state index is 2.57. The van der Waals surface area contributed by atoms with Gasteiger partial charge in [0, 0.05) is 48.0 Å². The Bertz CT molecular complexity index is 3340. The smallest absolute Gasteiger partial charge is 0.0727 e. The van der Waals surface area contributed by atoms with Crippen LogP contribution in [0.5, 0.6) is 0 Å². The van der Waals surface area contributed by atoms with Crippen molar-refractivity contribution in [2.75, 3.05) is 4.90 Å². The van der Waals surface area contributed by atoms with Crippen LogP contribution in [0.1, 0.15) is 22.3 Å². The van der Waals surface area contributed by atoms with E-state index in [1.165, 1.54) is 91.8 Å². The zero-order chi connectivity index (χ0) is 36.5. The molecule has 11 aromatic rings. The van der Waals surface area contributed by atoms with E-state index in [0.717, 1.165) is 17.1 Å². The summed E-state index contributed by atoms with van der Waals surface area (Å²) in [4.78, 5) is 2.42. The third kappa shape index (κ3) is 3.75. The molecule has 1 spiro atoms. The Morgan fingerprint density at radius 2 is 1.00 bits per heavy atom. The molecule has 0 amide bonds. The minimum absolute atomic E-state index is 0.533. The summed E-state index contributed by atoms with van der Waals surface area (Å²) in [6.45, 7) is 0. The van der Waals surface area contributed by atoms with Crippen molar-refractivity contribution in [3.8, 4) is 16.8 Å². The van der Waals surface area contributed by atoms with Gasteiger partial charge in [-0.25, -0.2) is 0 Å². The summed E-state index contributed by atoms with van der Waals surface area (Å²) in [5.41, 5.74) is 14.6. The van der Waals surface area contributed by atoms with Crippen LogP contribution in [0.4, 0.5) is 17.1 Å². The average molecular weight is 729 g/mol. The highest BCUT2D eigenvalue weighted by molar-refractivity contribution is 7.25. The normalized spacial score (nSPS) is 13.5. The molecule has 3 heteroatoms. The molecule has 2 nitrogen and oxygen atoms in total. The quantitative estimate of drug-likeness (QED) is 0.175. The van der Waals surface area contributed by atoms with Crippen LogP contribution in [0.3, 0.4) is 0 Å². The molecule has 0 fully saturated rings. The third-order valence-corrected chi connectivity index (χ3v) is 13.7. The summed E-state index contributed by atoms with van der Waals surface area (Å²) in [7, 11) is 0. The molecule has 2 aliphatic rings. The molecule has 260 valence electrons. The maximum atomic E-state index is 2.57. The fraction of sp³-hybridized carbons (Fsp3) is 0.0189. The van der Waals surface area contributed by atoms with Crippen LogP contribution in [0, 0.1) is 0 Å². The number of para-hydroxylation sites is 2. The Hall–Kier alpha value is -6.94. The predicted molar refractivity (Wildman–Crippen MR) is 237 cm³/mol. The third-order valence-electron chi connectivity index (χ3n) is 12.5. The van der Waals surface area contributed by atoms with Crippen LogP contribution in [-0.2, 0) is 5.41 Å². The lowest BCUT2D eigenvalue weighted by molar-refractivity contribution is 0.783. The van der Waals surface area contributed by atoms with E-state index in [1.807, 2.05) is 11.3 Å². The lowest BCUT2D eigenvalue weighted by Crippen LogP contribution is -2.31. The van der Waals surface area contributed by atoms with E-state index in [-0.39, 0.29) is 0 Å². The number of benzene rings is 9. The number of aromatic nitrogens is 1. The van der Waals surface area contributed by atoms with Crippen molar-refractivity contribution in [2.24, 2.45) is 0 Å². The Morgan fingerprint density at radius 3 is 1.75 bits per heavy atom. The Morgan fingerprint density at radius 1 is 0.393 bits per heavy atom. The Balaban J connectivity index is 1.23. The number of anilines is 3. The molecule has 9 aromatic carbocycles. The van der Waals surface area contributed by atoms with Crippen molar-refractivity contribution in [1.82, 2.24) is 4.57 Å². The van der Waals surface area contributed by atoms with Gasteiger partial charge >= 0.3 is 0 Å². The first-order valence-electron chi connectivity index (χ1n) is 19.4. The second kappa shape index (κ2) is 11.1. The molecule has 0 N–H and O–H groups in total. The van der Waals surface area contributed by atoms with Crippen LogP contribution in [-0.4, -0.2) is 4.57 Å². The minimum atomic E-state index is -0.533. The van der Waals surface area contributed by atoms with Gasteiger partial charge in [-0.3, -0.25) is 0 Å². The SMILES string of the molecule is c1ccc(N(c2ccccc2)c2cc3c4c(ccc5c4c4c(cccc4n5-c4cccc5sc6ccccc6c45)C34c3ccccc3-c3ccccc34)c2)cc1. The fourth-order valence-electron chi connectivity index (χ4n) is 10.5. The van der Waals surface area contributed by atoms with Gasteiger partial charge in [-0.15, -0.1) is 11.3 Å². The molecule has 0 atom stereocenters. The van der Waals surface area contributed by atoms with Crippen LogP contribution in [0.15, 0.2) is 194 Å². The van der Waals surface area contributed by atoms with E-state index < -0.39 is 5.41 Å². The van der Waals surface area contributed by atoms with E-state index in [9.17, 15) is 0 Å². The molecule has 0 radical (unpaired) electrons. The summed E-state index contributed by atoms with van der Waals surface area (Å²) >= 11 is 1.88. The van der Waals surface area contributed by atoms with E-state index >= 15 is 0 Å². The van der Waals surface area contributed by atoms with Gasteiger partial charge in [0.15, 0.2) is 0 Å². The lowest BCUT2D eigenvalue weighted by Gasteiger charge is -2.39. The highest BCUT2D eigenvalue weighted by Gasteiger charge is 2.50. The van der Waals surface area contributed by atoms with E-state index in [4.69, 9.17) is 0 Å². The van der Waals surface area contributed by atoms with Gasteiger partial charge in [-0.05, 0) is 111 Å². The van der Waals surface area contributed by atoms with Crippen molar-refractivity contribution >= 4 is 81.1 Å². The molecule has 2 aliphatic carbocycles. The molecule has 0 unspecified atom stereocenters. The van der Waals surface area contributed by atoms with Gasteiger partial charge in [0.05, 0.1) is 22.1 Å². The average Bonchev–Trinajstić information content (AvgIpc) is 3.91. The second-order valence-corrected chi connectivity index (χ2v) is 16.3. The minimum Gasteiger partial charge on any atom is -0.310 e. The highest BCUT2D eigenvalue weighted by Crippen LogP contribution is 2.63. The van der Waals surface area contributed by atoms with Crippen molar-refractivity contribution in [3.05, 3.63) is 216 Å². The summed E-state index contributed by atoms with van der Waals surface area (Å²) < 4.78 is 5.20. The molecule has 0 bridgehead atoms. The van der Waals surface area contributed by atoms with E-state index in [1.54, 1.807) is 0 Å². The van der Waals surface area contributed by atoms with Crippen LogP contribution in [0.2, 0.25) is 0 Å². The lowest BCUT2D eigenvalue weighted by atomic mass is 9.63. The molecular formula is C53H32N2S. The monoisotopic (exact) mass is 728 g/mol. The molecule has 2 heterocycles. The highest BCUT2D eigenvalue weighted by atomic mass is 32.1. The van der Waals surface area contributed by atoms with Gasteiger partial charge < -0.3 is 9.47 Å². The first-order chi connectivity index (χ1) is 27.8. The number of rotatable bonds is 4. The number of nitrogens with zero attached hydrogens (tertiary/aromatic N) is 2. The second-order valence-electron chi connectivity index (χ2n) is 15.2. The predicted octanol–water partition coefficient (Wildman–Crippen LogP) is 14.5. The van der Waals surface area contributed by atoms with E-state index in [0.29, 0.717) is 0 Å². The number of thiophene rings is 1.